The predicted molar refractivity (Wildman–Crippen MR) is 77.6 cm³/mol. The highest BCUT2D eigenvalue weighted by atomic mass is 35.5. The molecule has 0 bridgehead atoms. The van der Waals surface area contributed by atoms with Gasteiger partial charge in [0.25, 0.3) is 5.69 Å². The molecule has 0 fully saturated rings. The molecule has 6 nitrogen and oxygen atoms in total. The highest BCUT2D eigenvalue weighted by molar-refractivity contribution is 6.31. The maximum Gasteiger partial charge on any atom is 0.339 e. The maximum atomic E-state index is 13.5. The average Bonchev–Trinajstić information content (AvgIpc) is 2.45. The lowest BCUT2D eigenvalue weighted by Crippen LogP contribution is -2.17. The number of nitrogens with zero attached hydrogens (tertiary/aromatic N) is 1. The van der Waals surface area contributed by atoms with E-state index in [0.717, 1.165) is 0 Å². The summed E-state index contributed by atoms with van der Waals surface area (Å²) in [7, 11) is 0. The predicted octanol–water partition coefficient (Wildman–Crippen LogP) is 3.77. The van der Waals surface area contributed by atoms with Crippen LogP contribution in [0.2, 0.25) is 5.02 Å². The van der Waals surface area contributed by atoms with Crippen molar-refractivity contribution in [1.82, 2.24) is 0 Å². The van der Waals surface area contributed by atoms with Gasteiger partial charge in [-0.15, -0.1) is 0 Å². The average molecular weight is 330 g/mol. The van der Waals surface area contributed by atoms with E-state index in [9.17, 15) is 29.2 Å². The summed E-state index contributed by atoms with van der Waals surface area (Å²) in [4.78, 5) is 33.8. The molecule has 118 valence electrons. The molecule has 0 saturated heterocycles. The molecule has 22 heavy (non-hydrogen) atoms. The number of hydrogen-bond acceptors (Lipinski definition) is 4. The van der Waals surface area contributed by atoms with Crippen molar-refractivity contribution in [2.45, 2.75) is 26.7 Å². The normalized spacial score (nSPS) is 10.2. The topological polar surface area (TPSA) is 97.5 Å². The molecule has 1 aromatic carbocycles. The van der Waals surface area contributed by atoms with Crippen LogP contribution in [0.5, 0.6) is 0 Å². The van der Waals surface area contributed by atoms with Crippen LogP contribution in [0.4, 0.5) is 10.1 Å². The number of carboxylic acids is 1. The van der Waals surface area contributed by atoms with Crippen molar-refractivity contribution in [2.24, 2.45) is 0 Å². The van der Waals surface area contributed by atoms with Crippen molar-refractivity contribution in [3.05, 3.63) is 49.8 Å². The minimum Gasteiger partial charge on any atom is -0.478 e. The summed E-state index contributed by atoms with van der Waals surface area (Å²) < 4.78 is 13.5. The molecule has 0 aliphatic heterocycles. The second-order valence-electron chi connectivity index (χ2n) is 4.36. The number of hydrogen-bond donors (Lipinski definition) is 1. The fourth-order valence-corrected chi connectivity index (χ4v) is 2.17. The first-order valence-electron chi connectivity index (χ1n) is 6.37. The Morgan fingerprint density at radius 1 is 1.32 bits per heavy atom. The lowest BCUT2D eigenvalue weighted by molar-refractivity contribution is -0.385. The minimum absolute atomic E-state index is 0.285. The Morgan fingerprint density at radius 3 is 2.27 bits per heavy atom. The number of halogens is 2. The van der Waals surface area contributed by atoms with Gasteiger partial charge in [0.1, 0.15) is 17.0 Å². The standard InChI is InChI=1S/C14H13ClFNO5/c1-3-7(4-2)12(14(19)20)13(18)8-5-10(16)9(15)6-11(8)17(21)22/h5-6H,3-4H2,1-2H3,(H,19,20). The second kappa shape index (κ2) is 7.13. The van der Waals surface area contributed by atoms with Crippen molar-refractivity contribution < 1.29 is 24.0 Å². The molecule has 1 rings (SSSR count). The number of allylic oxidation sites excluding steroid dienone is 1. The molecule has 0 spiro atoms. The van der Waals surface area contributed by atoms with Gasteiger partial charge in [-0.3, -0.25) is 14.9 Å². The highest BCUT2D eigenvalue weighted by Gasteiger charge is 2.30. The Kier molecular flexibility index (Phi) is 5.76. The van der Waals surface area contributed by atoms with Crippen LogP contribution in [0.3, 0.4) is 0 Å². The molecule has 0 amide bonds. The van der Waals surface area contributed by atoms with E-state index < -0.39 is 44.3 Å². The van der Waals surface area contributed by atoms with E-state index >= 15 is 0 Å². The summed E-state index contributed by atoms with van der Waals surface area (Å²) in [5.41, 5.74) is -1.62. The summed E-state index contributed by atoms with van der Waals surface area (Å²) in [5.74, 6) is -3.64. The monoisotopic (exact) mass is 329 g/mol. The van der Waals surface area contributed by atoms with Crippen LogP contribution in [0.1, 0.15) is 37.0 Å². The van der Waals surface area contributed by atoms with Gasteiger partial charge in [0.2, 0.25) is 5.78 Å². The van der Waals surface area contributed by atoms with Crippen molar-refractivity contribution in [3.8, 4) is 0 Å². The largest absolute Gasteiger partial charge is 0.478 e. The molecule has 0 aromatic heterocycles. The lowest BCUT2D eigenvalue weighted by Gasteiger charge is -2.09. The Bertz CT molecular complexity index is 678. The minimum atomic E-state index is -1.51. The van der Waals surface area contributed by atoms with Gasteiger partial charge in [-0.2, -0.15) is 0 Å². The van der Waals surface area contributed by atoms with Crippen LogP contribution in [0, 0.1) is 15.9 Å². The van der Waals surface area contributed by atoms with Crippen LogP contribution in [-0.2, 0) is 4.79 Å². The van der Waals surface area contributed by atoms with Gasteiger partial charge in [0.15, 0.2) is 0 Å². The Balaban J connectivity index is 3.63. The number of nitro benzene ring substituents is 1. The maximum absolute atomic E-state index is 13.5. The number of carbonyl (C=O) groups excluding carboxylic acids is 1. The zero-order valence-electron chi connectivity index (χ0n) is 11.9. The Morgan fingerprint density at radius 2 is 1.86 bits per heavy atom. The van der Waals surface area contributed by atoms with Crippen LogP contribution in [-0.4, -0.2) is 21.8 Å². The fraction of sp³-hybridized carbons (Fsp3) is 0.286. The third kappa shape index (κ3) is 3.48. The van der Waals surface area contributed by atoms with Gasteiger partial charge in [-0.05, 0) is 18.9 Å². The third-order valence-electron chi connectivity index (χ3n) is 3.13. The Hall–Kier alpha value is -2.28. The van der Waals surface area contributed by atoms with Gasteiger partial charge in [0, 0.05) is 6.07 Å². The van der Waals surface area contributed by atoms with Gasteiger partial charge < -0.3 is 5.11 Å². The van der Waals surface area contributed by atoms with Crippen molar-refractivity contribution in [3.63, 3.8) is 0 Å². The van der Waals surface area contributed by atoms with E-state index in [1.165, 1.54) is 0 Å². The van der Waals surface area contributed by atoms with Gasteiger partial charge in [0.05, 0.1) is 9.95 Å². The molecule has 0 atom stereocenters. The number of rotatable bonds is 6. The van der Waals surface area contributed by atoms with Crippen LogP contribution in [0.25, 0.3) is 0 Å². The van der Waals surface area contributed by atoms with E-state index in [1.807, 2.05) is 0 Å². The first-order valence-corrected chi connectivity index (χ1v) is 6.75. The van der Waals surface area contributed by atoms with Crippen LogP contribution in [0.15, 0.2) is 23.3 Å². The summed E-state index contributed by atoms with van der Waals surface area (Å²) >= 11 is 5.47. The number of nitro groups is 1. The molecule has 0 aliphatic carbocycles. The first kappa shape index (κ1) is 17.8. The summed E-state index contributed by atoms with van der Waals surface area (Å²) in [5, 5.41) is 19.7. The van der Waals surface area contributed by atoms with Gasteiger partial charge >= 0.3 is 5.97 Å². The lowest BCUT2D eigenvalue weighted by atomic mass is 9.94. The zero-order chi connectivity index (χ0) is 17.0. The van der Waals surface area contributed by atoms with E-state index in [0.29, 0.717) is 17.7 Å². The summed E-state index contributed by atoms with van der Waals surface area (Å²) in [6, 6.07) is 1.29. The molecule has 8 heteroatoms. The number of benzene rings is 1. The second-order valence-corrected chi connectivity index (χ2v) is 4.77. The number of carbonyl (C=O) groups is 2. The van der Waals surface area contributed by atoms with Crippen molar-refractivity contribution >= 4 is 29.0 Å². The van der Waals surface area contributed by atoms with Crippen LogP contribution >= 0.6 is 11.6 Å². The SMILES string of the molecule is CCC(CC)=C(C(=O)O)C(=O)c1cc(F)c(Cl)cc1[N+](=O)[O-]. The molecule has 1 aromatic rings. The molecule has 1 N–H and O–H groups in total. The molecule has 0 saturated carbocycles. The first-order chi connectivity index (χ1) is 10.2. The third-order valence-corrected chi connectivity index (χ3v) is 3.42. The van der Waals surface area contributed by atoms with Crippen molar-refractivity contribution in [1.29, 1.82) is 0 Å². The van der Waals surface area contributed by atoms with Crippen molar-refractivity contribution in [2.75, 3.05) is 0 Å². The summed E-state index contributed by atoms with van der Waals surface area (Å²) in [6.07, 6.45) is 0.571. The molecular formula is C14H13ClFNO5. The van der Waals surface area contributed by atoms with E-state index in [1.54, 1.807) is 13.8 Å². The van der Waals surface area contributed by atoms with Gasteiger partial charge in [-0.1, -0.05) is 31.0 Å². The highest BCUT2D eigenvalue weighted by Crippen LogP contribution is 2.29. The molecule has 0 heterocycles. The summed E-state index contributed by atoms with van der Waals surface area (Å²) in [6.45, 7) is 3.32. The molecule has 0 aliphatic rings. The number of carboxylic acid groups (broad SMARTS) is 1. The van der Waals surface area contributed by atoms with E-state index in [2.05, 4.69) is 0 Å². The zero-order valence-corrected chi connectivity index (χ0v) is 12.6. The van der Waals surface area contributed by atoms with Gasteiger partial charge in [-0.25, -0.2) is 9.18 Å². The number of Topliss-reactive ketones (excluding diaryl/α,β-unsaturated/α-hetero) is 1. The molecule has 0 unspecified atom stereocenters. The number of aliphatic carboxylic acids is 1. The van der Waals surface area contributed by atoms with E-state index in [-0.39, 0.29) is 12.8 Å². The number of ketones is 1. The molecular weight excluding hydrogens is 317 g/mol. The quantitative estimate of drug-likeness (QED) is 0.214. The smallest absolute Gasteiger partial charge is 0.339 e. The molecule has 0 radical (unpaired) electrons. The van der Waals surface area contributed by atoms with E-state index in [4.69, 9.17) is 11.6 Å². The Labute approximate surface area is 130 Å². The fourth-order valence-electron chi connectivity index (χ4n) is 2.02. The van der Waals surface area contributed by atoms with Crippen LogP contribution < -0.4 is 0 Å².